The van der Waals surface area contributed by atoms with Gasteiger partial charge in [0.1, 0.15) is 11.8 Å². The number of hydrogen-bond donors (Lipinski definition) is 5. The van der Waals surface area contributed by atoms with Crippen LogP contribution in [0.25, 0.3) is 0 Å². The third-order valence-corrected chi connectivity index (χ3v) is 4.23. The highest BCUT2D eigenvalue weighted by Crippen LogP contribution is 2.39. The molecule has 0 heterocycles. The van der Waals surface area contributed by atoms with Gasteiger partial charge < -0.3 is 26.2 Å². The minimum absolute atomic E-state index is 0.0793. The summed E-state index contributed by atoms with van der Waals surface area (Å²) in [4.78, 5) is 41.9. The van der Waals surface area contributed by atoms with Crippen molar-refractivity contribution < 1.29 is 23.9 Å². The largest absolute Gasteiger partial charge is 0.347 e. The quantitative estimate of drug-likeness (QED) is 0.395. The second-order valence-corrected chi connectivity index (χ2v) is 7.35. The molecule has 0 saturated carbocycles. The van der Waals surface area contributed by atoms with Gasteiger partial charge in [-0.1, -0.05) is 27.2 Å². The first-order chi connectivity index (χ1) is 9.50. The molecule has 0 aliphatic heterocycles. The average Bonchev–Trinajstić information content (AvgIpc) is 2.35. The van der Waals surface area contributed by atoms with Crippen molar-refractivity contribution in [3.8, 4) is 0 Å². The van der Waals surface area contributed by atoms with Gasteiger partial charge in [-0.3, -0.25) is 14.2 Å². The van der Waals surface area contributed by atoms with E-state index in [4.69, 9.17) is 15.5 Å². The first-order valence-corrected chi connectivity index (χ1v) is 8.60. The van der Waals surface area contributed by atoms with E-state index in [0.717, 1.165) is 0 Å². The molecule has 9 heteroatoms. The van der Waals surface area contributed by atoms with Crippen LogP contribution in [0.15, 0.2) is 0 Å². The van der Waals surface area contributed by atoms with Crippen LogP contribution in [0.4, 0.5) is 0 Å². The Morgan fingerprint density at radius 3 is 2.05 bits per heavy atom. The molecule has 0 fully saturated rings. The molecule has 0 aromatic rings. The van der Waals surface area contributed by atoms with Gasteiger partial charge in [0.2, 0.25) is 11.8 Å². The zero-order valence-corrected chi connectivity index (χ0v) is 13.8. The highest BCUT2D eigenvalue weighted by atomic mass is 31.2. The van der Waals surface area contributed by atoms with Gasteiger partial charge in [0.05, 0.1) is 6.04 Å². The molecule has 124 valence electrons. The summed E-state index contributed by atoms with van der Waals surface area (Å²) in [6, 6.07) is -1.60. The van der Waals surface area contributed by atoms with Crippen LogP contribution in [0.5, 0.6) is 0 Å². The molecule has 0 rings (SSSR count). The van der Waals surface area contributed by atoms with Gasteiger partial charge in [-0.25, -0.2) is 0 Å². The summed E-state index contributed by atoms with van der Waals surface area (Å²) in [6.45, 7) is 6.62. The summed E-state index contributed by atoms with van der Waals surface area (Å²) < 4.78 is 11.0. The monoisotopic (exact) mass is 323 g/mol. The van der Waals surface area contributed by atoms with Crippen molar-refractivity contribution in [3.05, 3.63) is 0 Å². The fourth-order valence-corrected chi connectivity index (χ4v) is 1.81. The van der Waals surface area contributed by atoms with Crippen molar-refractivity contribution in [2.75, 3.05) is 0 Å². The van der Waals surface area contributed by atoms with E-state index >= 15 is 0 Å². The number of hydrogen-bond acceptors (Lipinski definition) is 4. The topological polar surface area (TPSA) is 142 Å². The van der Waals surface area contributed by atoms with Crippen LogP contribution in [0.2, 0.25) is 0 Å². The third kappa shape index (κ3) is 7.04. The summed E-state index contributed by atoms with van der Waals surface area (Å²) in [7, 11) is -4.41. The number of amides is 2. The Kier molecular flexibility index (Phi) is 8.10. The molecular formula is C12H26N3O5P. The maximum Gasteiger partial charge on any atom is 0.347 e. The van der Waals surface area contributed by atoms with Gasteiger partial charge >= 0.3 is 7.60 Å². The number of carbonyl (C=O) groups is 2. The molecule has 0 aromatic heterocycles. The first kappa shape index (κ1) is 20.1. The molecular weight excluding hydrogens is 297 g/mol. The lowest BCUT2D eigenvalue weighted by Crippen LogP contribution is -2.53. The van der Waals surface area contributed by atoms with Crippen molar-refractivity contribution >= 4 is 19.4 Å². The van der Waals surface area contributed by atoms with Crippen molar-refractivity contribution in [1.82, 2.24) is 10.6 Å². The van der Waals surface area contributed by atoms with E-state index < -0.39 is 37.3 Å². The Labute approximate surface area is 125 Å². The summed E-state index contributed by atoms with van der Waals surface area (Å²) in [5, 5.41) is 4.75. The Balaban J connectivity index is 4.79. The summed E-state index contributed by atoms with van der Waals surface area (Å²) >= 11 is 0. The second kappa shape index (κ2) is 8.48. The molecule has 0 aliphatic carbocycles. The lowest BCUT2D eigenvalue weighted by molar-refractivity contribution is -0.130. The zero-order chi connectivity index (χ0) is 16.8. The van der Waals surface area contributed by atoms with E-state index in [2.05, 4.69) is 10.6 Å². The molecule has 0 saturated heterocycles. The highest BCUT2D eigenvalue weighted by molar-refractivity contribution is 7.52. The number of nitrogens with two attached hydrogens (primary N) is 1. The van der Waals surface area contributed by atoms with Crippen LogP contribution in [0.3, 0.4) is 0 Å². The molecule has 0 unspecified atom stereocenters. The van der Waals surface area contributed by atoms with Crippen LogP contribution >= 0.6 is 7.60 Å². The van der Waals surface area contributed by atoms with E-state index in [1.807, 2.05) is 6.92 Å². The van der Waals surface area contributed by atoms with E-state index in [-0.39, 0.29) is 5.92 Å². The third-order valence-electron chi connectivity index (χ3n) is 3.09. The molecule has 8 nitrogen and oxygen atoms in total. The van der Waals surface area contributed by atoms with E-state index in [9.17, 15) is 14.2 Å². The van der Waals surface area contributed by atoms with Crippen molar-refractivity contribution in [3.63, 3.8) is 0 Å². The zero-order valence-electron chi connectivity index (χ0n) is 12.9. The minimum atomic E-state index is -4.41. The molecule has 21 heavy (non-hydrogen) atoms. The van der Waals surface area contributed by atoms with Crippen LogP contribution in [-0.2, 0) is 14.2 Å². The van der Waals surface area contributed by atoms with Crippen LogP contribution in [0, 0.1) is 5.92 Å². The van der Waals surface area contributed by atoms with E-state index in [1.165, 1.54) is 6.92 Å². The molecule has 0 aromatic carbocycles. The van der Waals surface area contributed by atoms with E-state index in [0.29, 0.717) is 12.8 Å². The summed E-state index contributed by atoms with van der Waals surface area (Å²) in [5.74, 6) is -2.47. The molecule has 6 N–H and O–H groups in total. The lowest BCUT2D eigenvalue weighted by atomic mass is 10.0. The highest BCUT2D eigenvalue weighted by Gasteiger charge is 2.30. The fourth-order valence-electron chi connectivity index (χ4n) is 1.52. The summed E-state index contributed by atoms with van der Waals surface area (Å²) in [5.41, 5.74) is 5.71. The molecule has 0 spiro atoms. The smallest absolute Gasteiger partial charge is 0.343 e. The van der Waals surface area contributed by atoms with Crippen molar-refractivity contribution in [1.29, 1.82) is 0 Å². The molecule has 2 amide bonds. The molecule has 0 radical (unpaired) electrons. The molecule has 0 bridgehead atoms. The van der Waals surface area contributed by atoms with Crippen LogP contribution in [0.1, 0.15) is 40.5 Å². The number of nitrogens with one attached hydrogen (secondary N) is 2. The maximum absolute atomic E-state index is 12.0. The van der Waals surface area contributed by atoms with E-state index in [1.54, 1.807) is 13.8 Å². The Bertz CT molecular complexity index is 410. The predicted molar refractivity (Wildman–Crippen MR) is 79.3 cm³/mol. The lowest BCUT2D eigenvalue weighted by Gasteiger charge is -2.23. The summed E-state index contributed by atoms with van der Waals surface area (Å²) in [6.07, 6.45) is 0.982. The molecule has 3 atom stereocenters. The van der Waals surface area contributed by atoms with Gasteiger partial charge in [-0.15, -0.1) is 0 Å². The van der Waals surface area contributed by atoms with Gasteiger partial charge in [-0.2, -0.15) is 0 Å². The van der Waals surface area contributed by atoms with Crippen LogP contribution < -0.4 is 16.4 Å². The maximum atomic E-state index is 12.0. The Morgan fingerprint density at radius 1 is 1.14 bits per heavy atom. The second-order valence-electron chi connectivity index (χ2n) is 5.39. The van der Waals surface area contributed by atoms with Gasteiger partial charge in [0.25, 0.3) is 0 Å². The minimum Gasteiger partial charge on any atom is -0.343 e. The van der Waals surface area contributed by atoms with Gasteiger partial charge in [0.15, 0.2) is 0 Å². The standard InChI is InChI=1S/C12H26N3O5P/c1-5-6-9(15-12(17)10(13)7(2)3)11(16)14-8(4)21(18,19)20/h7-10H,5-6,13H2,1-4H3,(H,14,16)(H,15,17)(H2,18,19,20)/t8-,9+,10+/m1/s1. The number of rotatable bonds is 8. The SMILES string of the molecule is CCC[C@H](NC(=O)[C@@H](N)C(C)C)C(=O)N[C@@H](C)P(=O)(O)O. The van der Waals surface area contributed by atoms with Crippen LogP contribution in [-0.4, -0.2) is 39.5 Å². The average molecular weight is 323 g/mol. The van der Waals surface area contributed by atoms with Gasteiger partial charge in [0, 0.05) is 0 Å². The fraction of sp³-hybridized carbons (Fsp3) is 0.833. The first-order valence-electron chi connectivity index (χ1n) is 6.92. The normalized spacial score (nSPS) is 16.2. The predicted octanol–water partition coefficient (Wildman–Crippen LogP) is -0.105. The Morgan fingerprint density at radius 2 is 1.67 bits per heavy atom. The van der Waals surface area contributed by atoms with Crippen molar-refractivity contribution in [2.24, 2.45) is 11.7 Å². The van der Waals surface area contributed by atoms with Gasteiger partial charge in [-0.05, 0) is 19.3 Å². The van der Waals surface area contributed by atoms with Crippen molar-refractivity contribution in [2.45, 2.75) is 58.4 Å². The number of carbonyl (C=O) groups excluding carboxylic acids is 2. The molecule has 0 aliphatic rings. The Hall–Kier alpha value is -0.950.